The molecule has 2 aliphatic heterocycles. The fourth-order valence-corrected chi connectivity index (χ4v) is 4.81. The zero-order chi connectivity index (χ0) is 23.9. The third kappa shape index (κ3) is 4.31. The number of methoxy groups -OCH3 is 2. The average molecular weight is 478 g/mol. The van der Waals surface area contributed by atoms with Gasteiger partial charge in [-0.1, -0.05) is 43.8 Å². The Morgan fingerprint density at radius 2 is 1.79 bits per heavy atom. The van der Waals surface area contributed by atoms with Crippen LogP contribution in [0, 0.1) is 5.92 Å². The van der Waals surface area contributed by atoms with Crippen LogP contribution in [-0.4, -0.2) is 42.1 Å². The second kappa shape index (κ2) is 8.74. The van der Waals surface area contributed by atoms with Crippen molar-refractivity contribution in [3.8, 4) is 11.5 Å². The molecule has 0 saturated heterocycles. The molecule has 2 aliphatic rings. The number of rotatable bonds is 5. The number of amides is 1. The first kappa shape index (κ1) is 23.2. The van der Waals surface area contributed by atoms with Crippen molar-refractivity contribution in [1.82, 2.24) is 4.90 Å². The number of amidine groups is 2. The molecule has 0 N–H and O–H groups in total. The Labute approximate surface area is 193 Å². The van der Waals surface area contributed by atoms with Crippen LogP contribution in [0.4, 0.5) is 18.9 Å². The summed E-state index contributed by atoms with van der Waals surface area (Å²) in [5, 5.41) is 0.496. The van der Waals surface area contributed by atoms with Gasteiger partial charge < -0.3 is 9.47 Å². The number of nitrogens with zero attached hydrogens (tertiary/aromatic N) is 3. The lowest BCUT2D eigenvalue weighted by molar-refractivity contribution is -0.137. The van der Waals surface area contributed by atoms with Crippen molar-refractivity contribution in [3.63, 3.8) is 0 Å². The van der Waals surface area contributed by atoms with Crippen molar-refractivity contribution < 1.29 is 27.4 Å². The van der Waals surface area contributed by atoms with E-state index in [1.165, 1.54) is 32.0 Å². The van der Waals surface area contributed by atoms with Gasteiger partial charge in [0.1, 0.15) is 11.9 Å². The minimum absolute atomic E-state index is 0.0557. The van der Waals surface area contributed by atoms with E-state index in [1.54, 1.807) is 23.1 Å². The molecule has 0 fully saturated rings. The SMILES string of the molecule is COc1cc2c(cc1OC)C1=NC(=O)[C@H](C(C)C)N1C(SCc1cccc(C(F)(F)F)c1)=N2. The van der Waals surface area contributed by atoms with Crippen LogP contribution < -0.4 is 9.47 Å². The van der Waals surface area contributed by atoms with Gasteiger partial charge in [-0.15, -0.1) is 0 Å². The van der Waals surface area contributed by atoms with Crippen molar-refractivity contribution in [2.45, 2.75) is 31.8 Å². The summed E-state index contributed by atoms with van der Waals surface area (Å²) in [6, 6.07) is 8.08. The number of hydrogen-bond donors (Lipinski definition) is 0. The lowest BCUT2D eigenvalue weighted by Gasteiger charge is -2.33. The van der Waals surface area contributed by atoms with E-state index >= 15 is 0 Å². The second-order valence-corrected chi connectivity index (χ2v) is 8.88. The van der Waals surface area contributed by atoms with Crippen molar-refractivity contribution >= 4 is 34.4 Å². The van der Waals surface area contributed by atoms with Crippen LogP contribution in [0.5, 0.6) is 11.5 Å². The number of hydrogen-bond acceptors (Lipinski definition) is 6. The molecule has 0 saturated carbocycles. The quantitative estimate of drug-likeness (QED) is 0.587. The van der Waals surface area contributed by atoms with Gasteiger partial charge in [0, 0.05) is 17.4 Å². The van der Waals surface area contributed by atoms with Gasteiger partial charge in [-0.3, -0.25) is 9.69 Å². The number of ether oxygens (including phenoxy) is 2. The molecular weight excluding hydrogens is 455 g/mol. The van der Waals surface area contributed by atoms with Gasteiger partial charge in [-0.05, 0) is 23.6 Å². The molecule has 1 amide bonds. The fraction of sp³-hybridized carbons (Fsp3) is 0.348. The van der Waals surface area contributed by atoms with Gasteiger partial charge in [-0.2, -0.15) is 18.2 Å². The molecule has 2 heterocycles. The first-order chi connectivity index (χ1) is 15.6. The van der Waals surface area contributed by atoms with Crippen LogP contribution in [0.25, 0.3) is 0 Å². The number of thioether (sulfide) groups is 1. The molecular formula is C23H22F3N3O3S. The number of alkyl halides is 3. The Morgan fingerprint density at radius 1 is 1.09 bits per heavy atom. The summed E-state index contributed by atoms with van der Waals surface area (Å²) in [5.74, 6) is 1.32. The molecule has 2 aromatic rings. The van der Waals surface area contributed by atoms with Crippen LogP contribution in [0.15, 0.2) is 46.4 Å². The maximum absolute atomic E-state index is 13.1. The first-order valence-corrected chi connectivity index (χ1v) is 11.2. The minimum atomic E-state index is -4.42. The number of carbonyl (C=O) groups is 1. The molecule has 6 nitrogen and oxygen atoms in total. The number of benzene rings is 2. The summed E-state index contributed by atoms with van der Waals surface area (Å²) in [4.78, 5) is 23.6. The van der Waals surface area contributed by atoms with Crippen molar-refractivity contribution in [3.05, 3.63) is 53.1 Å². The molecule has 0 aliphatic carbocycles. The minimum Gasteiger partial charge on any atom is -0.493 e. The van der Waals surface area contributed by atoms with E-state index in [0.717, 1.165) is 12.1 Å². The maximum Gasteiger partial charge on any atom is 0.416 e. The van der Waals surface area contributed by atoms with Crippen molar-refractivity contribution in [2.24, 2.45) is 15.9 Å². The molecule has 10 heteroatoms. The van der Waals surface area contributed by atoms with E-state index in [9.17, 15) is 18.0 Å². The molecule has 33 heavy (non-hydrogen) atoms. The number of aliphatic imine (C=N–C) groups is 2. The van der Waals surface area contributed by atoms with Gasteiger partial charge in [0.15, 0.2) is 16.7 Å². The highest BCUT2D eigenvalue weighted by molar-refractivity contribution is 8.13. The normalized spacial score (nSPS) is 17.5. The summed E-state index contributed by atoms with van der Waals surface area (Å²) < 4.78 is 50.1. The van der Waals surface area contributed by atoms with Crippen LogP contribution in [0.1, 0.15) is 30.5 Å². The van der Waals surface area contributed by atoms with E-state index in [4.69, 9.17) is 14.5 Å². The highest BCUT2D eigenvalue weighted by Crippen LogP contribution is 2.42. The molecule has 174 valence electrons. The molecule has 4 rings (SSSR count). The van der Waals surface area contributed by atoms with Gasteiger partial charge >= 0.3 is 6.18 Å². The lowest BCUT2D eigenvalue weighted by Crippen LogP contribution is -2.46. The van der Waals surface area contributed by atoms with Gasteiger partial charge in [-0.25, -0.2) is 4.99 Å². The monoisotopic (exact) mass is 477 g/mol. The van der Waals surface area contributed by atoms with Gasteiger partial charge in [0.05, 0.1) is 25.5 Å². The maximum atomic E-state index is 13.1. The summed E-state index contributed by atoms with van der Waals surface area (Å²) >= 11 is 1.26. The second-order valence-electron chi connectivity index (χ2n) is 7.94. The molecule has 2 aromatic carbocycles. The number of halogens is 3. The standard InChI is InChI=1S/C23H22F3N3O3S/c1-12(2)19-21(30)28-20-15-9-17(31-3)18(32-4)10-16(15)27-22(29(19)20)33-11-13-6-5-7-14(8-13)23(24,25)26/h5-10,12,19H,11H2,1-4H3/t19-/m0/s1. The fourth-order valence-electron chi connectivity index (χ4n) is 3.83. The Balaban J connectivity index is 1.74. The summed E-state index contributed by atoms with van der Waals surface area (Å²) in [7, 11) is 3.03. The van der Waals surface area contributed by atoms with Crippen molar-refractivity contribution in [2.75, 3.05) is 14.2 Å². The highest BCUT2D eigenvalue weighted by atomic mass is 32.2. The molecule has 0 radical (unpaired) electrons. The van der Waals surface area contributed by atoms with E-state index < -0.39 is 17.8 Å². The van der Waals surface area contributed by atoms with E-state index in [2.05, 4.69) is 4.99 Å². The summed E-state index contributed by atoms with van der Waals surface area (Å²) in [6.07, 6.45) is -4.42. The average Bonchev–Trinajstić information content (AvgIpc) is 3.13. The topological polar surface area (TPSA) is 63.5 Å². The first-order valence-electron chi connectivity index (χ1n) is 10.2. The predicted molar refractivity (Wildman–Crippen MR) is 121 cm³/mol. The zero-order valence-corrected chi connectivity index (χ0v) is 19.3. The van der Waals surface area contributed by atoms with E-state index in [-0.39, 0.29) is 17.6 Å². The van der Waals surface area contributed by atoms with Crippen LogP contribution >= 0.6 is 11.8 Å². The lowest BCUT2D eigenvalue weighted by atomic mass is 10.0. The Bertz CT molecular complexity index is 1160. The molecule has 0 spiro atoms. The molecule has 0 bridgehead atoms. The smallest absolute Gasteiger partial charge is 0.416 e. The number of carbonyl (C=O) groups excluding carboxylic acids is 1. The van der Waals surface area contributed by atoms with Crippen LogP contribution in [0.3, 0.4) is 0 Å². The Hall–Kier alpha value is -3.01. The van der Waals surface area contributed by atoms with E-state index in [0.29, 0.717) is 39.3 Å². The van der Waals surface area contributed by atoms with Crippen LogP contribution in [0.2, 0.25) is 0 Å². The van der Waals surface area contributed by atoms with Gasteiger partial charge in [0.25, 0.3) is 5.91 Å². The third-order valence-corrected chi connectivity index (χ3v) is 6.42. The van der Waals surface area contributed by atoms with Gasteiger partial charge in [0.2, 0.25) is 0 Å². The third-order valence-electron chi connectivity index (χ3n) is 5.39. The predicted octanol–water partition coefficient (Wildman–Crippen LogP) is 5.27. The molecule has 0 aromatic heterocycles. The van der Waals surface area contributed by atoms with Crippen molar-refractivity contribution in [1.29, 1.82) is 0 Å². The summed E-state index contributed by atoms with van der Waals surface area (Å²) in [5.41, 5.74) is 0.978. The largest absolute Gasteiger partial charge is 0.493 e. The van der Waals surface area contributed by atoms with E-state index in [1.807, 2.05) is 13.8 Å². The summed E-state index contributed by atoms with van der Waals surface area (Å²) in [6.45, 7) is 3.83. The Kier molecular flexibility index (Phi) is 6.13. The highest BCUT2D eigenvalue weighted by Gasteiger charge is 2.43. The Morgan fingerprint density at radius 3 is 2.42 bits per heavy atom. The zero-order valence-electron chi connectivity index (χ0n) is 18.4. The molecule has 1 atom stereocenters. The molecule has 0 unspecified atom stereocenters. The number of fused-ring (bicyclic) bond motifs is 3. The van der Waals surface area contributed by atoms with Crippen LogP contribution in [-0.2, 0) is 16.7 Å².